The average molecular weight is 352 g/mol. The predicted octanol–water partition coefficient (Wildman–Crippen LogP) is 4.47. The summed E-state index contributed by atoms with van der Waals surface area (Å²) in [5.74, 6) is -2.43. The molecule has 0 aliphatic heterocycles. The Morgan fingerprint density at radius 2 is 1.78 bits per heavy atom. The molecule has 0 aliphatic carbocycles. The van der Waals surface area contributed by atoms with Gasteiger partial charge in [0.1, 0.15) is 0 Å². The molecular weight excluding hydrogens is 337 g/mol. The van der Waals surface area contributed by atoms with Crippen LogP contribution in [0, 0.1) is 5.92 Å². The zero-order valence-electron chi connectivity index (χ0n) is 12.4. The van der Waals surface area contributed by atoms with Crippen LogP contribution in [0.25, 0.3) is 0 Å². The third-order valence-electron chi connectivity index (χ3n) is 3.58. The molecule has 4 nitrogen and oxygen atoms in total. The molecule has 0 aliphatic rings. The Kier molecular flexibility index (Phi) is 5.74. The number of aromatic nitrogens is 1. The van der Waals surface area contributed by atoms with Gasteiger partial charge in [-0.25, -0.2) is 0 Å². The fourth-order valence-corrected chi connectivity index (χ4v) is 2.59. The molecule has 0 fully saturated rings. The number of carbonyl (C=O) groups is 2. The molecule has 0 saturated carbocycles. The molecule has 1 aromatic heterocycles. The van der Waals surface area contributed by atoms with Gasteiger partial charge in [0.05, 0.1) is 10.9 Å². The van der Waals surface area contributed by atoms with Crippen molar-refractivity contribution in [3.05, 3.63) is 63.9 Å². The van der Waals surface area contributed by atoms with Crippen LogP contribution in [0.3, 0.4) is 0 Å². The minimum atomic E-state index is -0.950. The summed E-state index contributed by atoms with van der Waals surface area (Å²) >= 11 is 11.8. The van der Waals surface area contributed by atoms with Crippen molar-refractivity contribution in [2.24, 2.45) is 5.92 Å². The van der Waals surface area contributed by atoms with Crippen molar-refractivity contribution in [3.8, 4) is 0 Å². The number of hydrogen-bond donors (Lipinski definition) is 1. The molecule has 1 heterocycles. The van der Waals surface area contributed by atoms with Gasteiger partial charge in [0.15, 0.2) is 5.78 Å². The topological polar surface area (TPSA) is 67.3 Å². The lowest BCUT2D eigenvalue weighted by atomic mass is 9.84. The summed E-state index contributed by atoms with van der Waals surface area (Å²) in [5.41, 5.74) is 1.07. The zero-order chi connectivity index (χ0) is 17.0. The van der Waals surface area contributed by atoms with Gasteiger partial charge >= 0.3 is 5.97 Å². The van der Waals surface area contributed by atoms with Crippen LogP contribution in [0.15, 0.2) is 42.7 Å². The first-order chi connectivity index (χ1) is 10.9. The van der Waals surface area contributed by atoms with Gasteiger partial charge in [-0.15, -0.1) is 0 Å². The maximum atomic E-state index is 12.8. The molecule has 0 spiro atoms. The van der Waals surface area contributed by atoms with Gasteiger partial charge in [0, 0.05) is 28.9 Å². The third-order valence-corrected chi connectivity index (χ3v) is 4.04. The SMILES string of the molecule is CC(CC(C(=O)c1ccc(Cl)cc1)c1cncc(Cl)c1)C(=O)O. The van der Waals surface area contributed by atoms with Crippen molar-refractivity contribution >= 4 is 35.0 Å². The Hall–Kier alpha value is -1.91. The van der Waals surface area contributed by atoms with E-state index in [4.69, 9.17) is 28.3 Å². The number of benzene rings is 1. The summed E-state index contributed by atoms with van der Waals surface area (Å²) in [7, 11) is 0. The summed E-state index contributed by atoms with van der Waals surface area (Å²) in [5, 5.41) is 10.1. The molecule has 2 unspecified atom stereocenters. The number of carboxylic acid groups (broad SMARTS) is 1. The molecule has 23 heavy (non-hydrogen) atoms. The summed E-state index contributed by atoms with van der Waals surface area (Å²) in [6.07, 6.45) is 3.17. The van der Waals surface area contributed by atoms with Gasteiger partial charge in [-0.1, -0.05) is 30.1 Å². The van der Waals surface area contributed by atoms with Crippen LogP contribution in [-0.4, -0.2) is 21.8 Å². The van der Waals surface area contributed by atoms with E-state index in [1.165, 1.54) is 6.20 Å². The second-order valence-corrected chi connectivity index (χ2v) is 6.21. The Morgan fingerprint density at radius 1 is 1.13 bits per heavy atom. The molecule has 0 amide bonds. The second-order valence-electron chi connectivity index (χ2n) is 5.34. The smallest absolute Gasteiger partial charge is 0.306 e. The van der Waals surface area contributed by atoms with Crippen LogP contribution in [0.4, 0.5) is 0 Å². The van der Waals surface area contributed by atoms with E-state index >= 15 is 0 Å². The van der Waals surface area contributed by atoms with Crippen LogP contribution in [0.5, 0.6) is 0 Å². The quantitative estimate of drug-likeness (QED) is 0.779. The minimum absolute atomic E-state index is 0.165. The van der Waals surface area contributed by atoms with Gasteiger partial charge in [-0.2, -0.15) is 0 Å². The molecule has 2 atom stereocenters. The molecule has 0 radical (unpaired) electrons. The van der Waals surface area contributed by atoms with E-state index in [0.717, 1.165) is 0 Å². The number of ketones is 1. The van der Waals surface area contributed by atoms with Crippen molar-refractivity contribution in [2.45, 2.75) is 19.3 Å². The number of carboxylic acids is 1. The van der Waals surface area contributed by atoms with Crippen LogP contribution < -0.4 is 0 Å². The number of rotatable bonds is 6. The Labute approximate surface area is 144 Å². The fourth-order valence-electron chi connectivity index (χ4n) is 2.28. The Bertz CT molecular complexity index is 716. The maximum absolute atomic E-state index is 12.8. The first-order valence-electron chi connectivity index (χ1n) is 7.01. The Balaban J connectivity index is 2.38. The highest BCUT2D eigenvalue weighted by molar-refractivity contribution is 6.31. The van der Waals surface area contributed by atoms with E-state index in [2.05, 4.69) is 4.98 Å². The highest BCUT2D eigenvalue weighted by Crippen LogP contribution is 2.29. The van der Waals surface area contributed by atoms with Crippen molar-refractivity contribution in [1.82, 2.24) is 4.98 Å². The number of carbonyl (C=O) groups excluding carboxylic acids is 1. The first-order valence-corrected chi connectivity index (χ1v) is 7.77. The van der Waals surface area contributed by atoms with Crippen molar-refractivity contribution in [2.75, 3.05) is 0 Å². The van der Waals surface area contributed by atoms with E-state index < -0.39 is 17.8 Å². The van der Waals surface area contributed by atoms with Gasteiger partial charge in [0.2, 0.25) is 0 Å². The van der Waals surface area contributed by atoms with E-state index in [1.54, 1.807) is 43.5 Å². The number of hydrogen-bond acceptors (Lipinski definition) is 3. The maximum Gasteiger partial charge on any atom is 0.306 e. The van der Waals surface area contributed by atoms with E-state index in [9.17, 15) is 9.59 Å². The van der Waals surface area contributed by atoms with Gasteiger partial charge in [0.25, 0.3) is 0 Å². The molecule has 2 aromatic rings. The van der Waals surface area contributed by atoms with E-state index in [-0.39, 0.29) is 12.2 Å². The molecule has 1 aromatic carbocycles. The number of halogens is 2. The zero-order valence-corrected chi connectivity index (χ0v) is 13.9. The van der Waals surface area contributed by atoms with Gasteiger partial charge < -0.3 is 5.11 Å². The lowest BCUT2D eigenvalue weighted by Crippen LogP contribution is -2.20. The van der Waals surface area contributed by atoms with Crippen molar-refractivity contribution in [3.63, 3.8) is 0 Å². The molecular formula is C17H15Cl2NO3. The fraction of sp³-hybridized carbons (Fsp3) is 0.235. The molecule has 0 bridgehead atoms. The molecule has 1 N–H and O–H groups in total. The standard InChI is InChI=1S/C17H15Cl2NO3/c1-10(17(22)23)6-15(12-7-14(19)9-20-8-12)16(21)11-2-4-13(18)5-3-11/h2-5,7-10,15H,6H2,1H3,(H,22,23). The normalized spacial score (nSPS) is 13.3. The van der Waals surface area contributed by atoms with E-state index in [0.29, 0.717) is 21.2 Å². The summed E-state index contributed by atoms with van der Waals surface area (Å²) in [4.78, 5) is 28.0. The largest absolute Gasteiger partial charge is 0.481 e. The lowest BCUT2D eigenvalue weighted by Gasteiger charge is -2.18. The van der Waals surface area contributed by atoms with Crippen LogP contribution in [0.1, 0.15) is 35.2 Å². The summed E-state index contributed by atoms with van der Waals surface area (Å²) in [6, 6.07) is 8.15. The molecule has 0 saturated heterocycles. The molecule has 120 valence electrons. The minimum Gasteiger partial charge on any atom is -0.481 e. The highest BCUT2D eigenvalue weighted by Gasteiger charge is 2.27. The highest BCUT2D eigenvalue weighted by atomic mass is 35.5. The first kappa shape index (κ1) is 17.4. The van der Waals surface area contributed by atoms with Crippen molar-refractivity contribution < 1.29 is 14.7 Å². The van der Waals surface area contributed by atoms with Crippen LogP contribution in [-0.2, 0) is 4.79 Å². The van der Waals surface area contributed by atoms with E-state index in [1.807, 2.05) is 0 Å². The molecule has 2 rings (SSSR count). The average Bonchev–Trinajstić information content (AvgIpc) is 2.52. The molecule has 6 heteroatoms. The van der Waals surface area contributed by atoms with Gasteiger partial charge in [-0.05, 0) is 42.3 Å². The summed E-state index contributed by atoms with van der Waals surface area (Å²) < 4.78 is 0. The third kappa shape index (κ3) is 4.53. The Morgan fingerprint density at radius 3 is 2.35 bits per heavy atom. The number of nitrogens with zero attached hydrogens (tertiary/aromatic N) is 1. The monoisotopic (exact) mass is 351 g/mol. The summed E-state index contributed by atoms with van der Waals surface area (Å²) in [6.45, 7) is 1.57. The number of Topliss-reactive ketones (excluding diaryl/α,β-unsaturated/α-hetero) is 1. The second kappa shape index (κ2) is 7.57. The van der Waals surface area contributed by atoms with Crippen molar-refractivity contribution in [1.29, 1.82) is 0 Å². The van der Waals surface area contributed by atoms with Crippen LogP contribution >= 0.6 is 23.2 Å². The number of pyridine rings is 1. The van der Waals surface area contributed by atoms with Crippen LogP contribution in [0.2, 0.25) is 10.0 Å². The van der Waals surface area contributed by atoms with Gasteiger partial charge in [-0.3, -0.25) is 14.6 Å². The predicted molar refractivity (Wildman–Crippen MR) is 89.2 cm³/mol. The number of aliphatic carboxylic acids is 1. The lowest BCUT2D eigenvalue weighted by molar-refractivity contribution is -0.141.